The third-order valence-electron chi connectivity index (χ3n) is 2.74. The maximum Gasteiger partial charge on any atom is 0.260 e. The maximum absolute atomic E-state index is 12.0. The van der Waals surface area contributed by atoms with Gasteiger partial charge < -0.3 is 19.2 Å². The number of hydrogen-bond donors (Lipinski definition) is 1. The summed E-state index contributed by atoms with van der Waals surface area (Å²) in [5.41, 5.74) is 0.649. The average molecular weight is 314 g/mol. The van der Waals surface area contributed by atoms with Gasteiger partial charge in [0.1, 0.15) is 13.2 Å². The van der Waals surface area contributed by atoms with Crippen molar-refractivity contribution in [3.63, 3.8) is 0 Å². The molecular weight excluding hydrogens is 305 g/mol. The van der Waals surface area contributed by atoms with E-state index in [1.54, 1.807) is 12.1 Å². The van der Waals surface area contributed by atoms with Crippen molar-refractivity contribution in [1.82, 2.24) is 0 Å². The predicted molar refractivity (Wildman–Crippen MR) is 74.1 cm³/mol. The van der Waals surface area contributed by atoms with Crippen LogP contribution in [0.15, 0.2) is 28.9 Å². The molecule has 0 bridgehead atoms. The fourth-order valence-corrected chi connectivity index (χ4v) is 2.21. The molecule has 0 aliphatic carbocycles. The number of benzene rings is 1. The minimum absolute atomic E-state index is 0.0242. The first-order chi connectivity index (χ1) is 9.65. The predicted octanol–water partition coefficient (Wildman–Crippen LogP) is 3.61. The normalized spacial score (nSPS) is 13.1. The van der Waals surface area contributed by atoms with Gasteiger partial charge in [0.15, 0.2) is 11.5 Å². The molecule has 0 spiro atoms. The fraction of sp³-hybridized carbons (Fsp3) is 0.154. The second-order valence-corrected chi connectivity index (χ2v) is 4.79. The summed E-state index contributed by atoms with van der Waals surface area (Å²) in [5, 5.41) is 3.03. The van der Waals surface area contributed by atoms with E-state index in [1.165, 1.54) is 12.3 Å². The number of hydrogen-bond acceptors (Lipinski definition) is 4. The molecule has 0 saturated carbocycles. The van der Waals surface area contributed by atoms with Crippen molar-refractivity contribution in [2.24, 2.45) is 0 Å². The lowest BCUT2D eigenvalue weighted by Gasteiger charge is -2.19. The summed E-state index contributed by atoms with van der Waals surface area (Å²) in [6.45, 7) is 0.926. The number of anilines is 1. The first-order valence-corrected chi connectivity index (χ1v) is 6.54. The summed E-state index contributed by atoms with van der Waals surface area (Å²) in [4.78, 5) is 12.0. The van der Waals surface area contributed by atoms with E-state index in [4.69, 9.17) is 37.1 Å². The molecule has 1 aliphatic heterocycles. The van der Waals surface area contributed by atoms with E-state index in [2.05, 4.69) is 5.32 Å². The Kier molecular flexibility index (Phi) is 3.46. The summed E-state index contributed by atoms with van der Waals surface area (Å²) >= 11 is 11.9. The van der Waals surface area contributed by atoms with Crippen LogP contribution in [0.3, 0.4) is 0 Å². The number of carbonyl (C=O) groups excluding carboxylic acids is 1. The van der Waals surface area contributed by atoms with Gasteiger partial charge in [0, 0.05) is 12.1 Å². The molecule has 2 heterocycles. The Morgan fingerprint density at radius 3 is 2.50 bits per heavy atom. The van der Waals surface area contributed by atoms with Crippen LogP contribution in [0.4, 0.5) is 5.69 Å². The van der Waals surface area contributed by atoms with E-state index in [-0.39, 0.29) is 10.8 Å². The molecule has 20 heavy (non-hydrogen) atoms. The number of ether oxygens (including phenoxy) is 2. The Balaban J connectivity index is 1.87. The molecule has 1 amide bonds. The number of nitrogens with one attached hydrogen (secondary N) is 1. The highest BCUT2D eigenvalue weighted by Crippen LogP contribution is 2.38. The highest BCUT2D eigenvalue weighted by molar-refractivity contribution is 6.35. The molecule has 0 unspecified atom stereocenters. The van der Waals surface area contributed by atoms with Gasteiger partial charge in [-0.15, -0.1) is 0 Å². The van der Waals surface area contributed by atoms with Crippen LogP contribution in [0.2, 0.25) is 10.2 Å². The van der Waals surface area contributed by atoms with Crippen LogP contribution >= 0.6 is 23.2 Å². The van der Waals surface area contributed by atoms with Crippen molar-refractivity contribution < 1.29 is 18.7 Å². The van der Waals surface area contributed by atoms with Crippen molar-refractivity contribution in [3.8, 4) is 11.5 Å². The quantitative estimate of drug-likeness (QED) is 0.920. The number of fused-ring (bicyclic) bond motifs is 1. The summed E-state index contributed by atoms with van der Waals surface area (Å²) in [7, 11) is 0. The molecule has 0 radical (unpaired) electrons. The summed E-state index contributed by atoms with van der Waals surface area (Å²) < 4.78 is 15.7. The van der Waals surface area contributed by atoms with Gasteiger partial charge in [0.2, 0.25) is 5.22 Å². The van der Waals surface area contributed by atoms with E-state index in [0.29, 0.717) is 35.4 Å². The molecule has 1 aliphatic rings. The van der Waals surface area contributed by atoms with Crippen molar-refractivity contribution in [3.05, 3.63) is 40.3 Å². The summed E-state index contributed by atoms with van der Waals surface area (Å²) in [6, 6.07) is 4.69. The van der Waals surface area contributed by atoms with Gasteiger partial charge in [-0.1, -0.05) is 11.6 Å². The zero-order valence-electron chi connectivity index (χ0n) is 10.1. The lowest BCUT2D eigenvalue weighted by molar-refractivity contribution is 0.102. The van der Waals surface area contributed by atoms with E-state index < -0.39 is 5.91 Å². The highest BCUT2D eigenvalue weighted by atomic mass is 35.5. The van der Waals surface area contributed by atoms with Gasteiger partial charge in [-0.3, -0.25) is 4.79 Å². The molecule has 1 aromatic heterocycles. The monoisotopic (exact) mass is 313 g/mol. The van der Waals surface area contributed by atoms with Crippen molar-refractivity contribution in [2.45, 2.75) is 0 Å². The maximum atomic E-state index is 12.0. The Hall–Kier alpha value is -1.85. The zero-order chi connectivity index (χ0) is 14.1. The van der Waals surface area contributed by atoms with Gasteiger partial charge in [0.25, 0.3) is 5.91 Å². The van der Waals surface area contributed by atoms with E-state index in [9.17, 15) is 4.79 Å². The molecule has 3 rings (SSSR count). The van der Waals surface area contributed by atoms with E-state index >= 15 is 0 Å². The first-order valence-electron chi connectivity index (χ1n) is 5.78. The number of rotatable bonds is 2. The minimum Gasteiger partial charge on any atom is -0.486 e. The lowest BCUT2D eigenvalue weighted by atomic mass is 10.2. The molecule has 2 aromatic rings. The molecule has 5 nitrogen and oxygen atoms in total. The molecule has 0 saturated heterocycles. The number of halogens is 2. The van der Waals surface area contributed by atoms with Crippen LogP contribution in [0.5, 0.6) is 11.5 Å². The Morgan fingerprint density at radius 1 is 1.15 bits per heavy atom. The van der Waals surface area contributed by atoms with Gasteiger partial charge >= 0.3 is 0 Å². The largest absolute Gasteiger partial charge is 0.486 e. The van der Waals surface area contributed by atoms with Crippen molar-refractivity contribution in [1.29, 1.82) is 0 Å². The third kappa shape index (κ3) is 2.42. The molecular formula is C13H9Cl2NO4. The third-order valence-corrected chi connectivity index (χ3v) is 3.35. The number of carbonyl (C=O) groups is 1. The van der Waals surface area contributed by atoms with Crippen molar-refractivity contribution in [2.75, 3.05) is 18.5 Å². The SMILES string of the molecule is O=C(Nc1cc2c(cc1Cl)OCCO2)c1ccoc1Cl. The number of amides is 1. The van der Waals surface area contributed by atoms with Crippen LogP contribution < -0.4 is 14.8 Å². The molecule has 0 atom stereocenters. The van der Waals surface area contributed by atoms with Gasteiger partial charge in [-0.05, 0) is 17.7 Å². The number of furan rings is 1. The Bertz CT molecular complexity index is 668. The van der Waals surface area contributed by atoms with Crippen molar-refractivity contribution >= 4 is 34.8 Å². The summed E-state index contributed by atoms with van der Waals surface area (Å²) in [5.74, 6) is 0.678. The lowest BCUT2D eigenvalue weighted by Crippen LogP contribution is -2.16. The smallest absolute Gasteiger partial charge is 0.260 e. The molecule has 0 fully saturated rings. The standard InChI is InChI=1S/C13H9Cl2NO4/c14-8-5-10-11(19-4-3-18-10)6-9(8)16-13(17)7-1-2-20-12(7)15/h1-2,5-6H,3-4H2,(H,16,17). The van der Waals surface area contributed by atoms with Crippen LogP contribution in [-0.4, -0.2) is 19.1 Å². The average Bonchev–Trinajstić information content (AvgIpc) is 2.86. The van der Waals surface area contributed by atoms with Gasteiger partial charge in [0.05, 0.1) is 22.5 Å². The van der Waals surface area contributed by atoms with Gasteiger partial charge in [-0.25, -0.2) is 0 Å². The van der Waals surface area contributed by atoms with E-state index in [1.807, 2.05) is 0 Å². The molecule has 1 aromatic carbocycles. The topological polar surface area (TPSA) is 60.7 Å². The molecule has 104 valence electrons. The molecule has 7 heteroatoms. The van der Waals surface area contributed by atoms with Crippen LogP contribution in [0, 0.1) is 0 Å². The minimum atomic E-state index is -0.415. The van der Waals surface area contributed by atoms with E-state index in [0.717, 1.165) is 0 Å². The zero-order valence-corrected chi connectivity index (χ0v) is 11.6. The highest BCUT2D eigenvalue weighted by Gasteiger charge is 2.18. The van der Waals surface area contributed by atoms with Crippen LogP contribution in [0.1, 0.15) is 10.4 Å². The second-order valence-electron chi connectivity index (χ2n) is 4.04. The van der Waals surface area contributed by atoms with Crippen LogP contribution in [0.25, 0.3) is 0 Å². The Labute approximate surface area is 124 Å². The Morgan fingerprint density at radius 2 is 1.85 bits per heavy atom. The molecule has 1 N–H and O–H groups in total. The summed E-state index contributed by atoms with van der Waals surface area (Å²) in [6.07, 6.45) is 1.34. The second kappa shape index (κ2) is 5.26. The van der Waals surface area contributed by atoms with Crippen LogP contribution in [-0.2, 0) is 0 Å². The van der Waals surface area contributed by atoms with Gasteiger partial charge in [-0.2, -0.15) is 0 Å². The fourth-order valence-electron chi connectivity index (χ4n) is 1.81. The first kappa shape index (κ1) is 13.1.